The van der Waals surface area contributed by atoms with Crippen molar-refractivity contribution in [2.75, 3.05) is 25.1 Å². The first-order chi connectivity index (χ1) is 7.81. The molecule has 88 valence electrons. The molecule has 2 nitrogen and oxygen atoms in total. The van der Waals surface area contributed by atoms with Crippen LogP contribution in [-0.4, -0.2) is 36.0 Å². The van der Waals surface area contributed by atoms with Crippen molar-refractivity contribution >= 4 is 15.9 Å². The molecule has 1 aliphatic heterocycles. The standard InChI is InChI=1S/C12H15BrFNO/c13-7-11-9-16-6-5-15(11)8-10-3-1-2-4-12(10)14/h1-4,11H,5-9H2. The summed E-state index contributed by atoms with van der Waals surface area (Å²) in [5.41, 5.74) is 0.760. The van der Waals surface area contributed by atoms with Crippen LogP contribution in [0.2, 0.25) is 0 Å². The molecule has 1 aromatic carbocycles. The van der Waals surface area contributed by atoms with Crippen LogP contribution in [0.25, 0.3) is 0 Å². The predicted molar refractivity (Wildman–Crippen MR) is 65.2 cm³/mol. The van der Waals surface area contributed by atoms with Crippen LogP contribution in [0, 0.1) is 5.82 Å². The number of hydrogen-bond donors (Lipinski definition) is 0. The Balaban J connectivity index is 2.05. The summed E-state index contributed by atoms with van der Waals surface area (Å²) < 4.78 is 18.9. The van der Waals surface area contributed by atoms with Gasteiger partial charge in [-0.2, -0.15) is 0 Å². The Morgan fingerprint density at radius 3 is 3.00 bits per heavy atom. The molecule has 1 atom stereocenters. The van der Waals surface area contributed by atoms with E-state index in [-0.39, 0.29) is 5.82 Å². The number of benzene rings is 1. The first kappa shape index (κ1) is 12.0. The summed E-state index contributed by atoms with van der Waals surface area (Å²) in [4.78, 5) is 2.26. The van der Waals surface area contributed by atoms with Gasteiger partial charge in [0.05, 0.1) is 13.2 Å². The van der Waals surface area contributed by atoms with E-state index in [4.69, 9.17) is 4.74 Å². The van der Waals surface area contributed by atoms with Crippen LogP contribution in [0.3, 0.4) is 0 Å². The van der Waals surface area contributed by atoms with E-state index in [9.17, 15) is 4.39 Å². The molecule has 16 heavy (non-hydrogen) atoms. The minimum Gasteiger partial charge on any atom is -0.378 e. The van der Waals surface area contributed by atoms with Crippen LogP contribution in [0.1, 0.15) is 5.56 Å². The fourth-order valence-electron chi connectivity index (χ4n) is 1.88. The fourth-order valence-corrected chi connectivity index (χ4v) is 2.48. The van der Waals surface area contributed by atoms with Gasteiger partial charge < -0.3 is 4.74 Å². The van der Waals surface area contributed by atoms with Gasteiger partial charge in [-0.15, -0.1) is 0 Å². The maximum absolute atomic E-state index is 13.5. The molecule has 1 unspecified atom stereocenters. The topological polar surface area (TPSA) is 12.5 Å². The van der Waals surface area contributed by atoms with Gasteiger partial charge in [-0.3, -0.25) is 4.90 Å². The summed E-state index contributed by atoms with van der Waals surface area (Å²) in [6.07, 6.45) is 0. The van der Waals surface area contributed by atoms with Crippen molar-refractivity contribution in [1.29, 1.82) is 0 Å². The minimum absolute atomic E-state index is 0.123. The number of hydrogen-bond acceptors (Lipinski definition) is 2. The van der Waals surface area contributed by atoms with Crippen molar-refractivity contribution in [3.8, 4) is 0 Å². The molecule has 1 fully saturated rings. The molecule has 0 aromatic heterocycles. The summed E-state index contributed by atoms with van der Waals surface area (Å²) >= 11 is 3.47. The lowest BCUT2D eigenvalue weighted by Crippen LogP contribution is -2.45. The van der Waals surface area contributed by atoms with Crippen molar-refractivity contribution in [2.45, 2.75) is 12.6 Å². The van der Waals surface area contributed by atoms with E-state index in [2.05, 4.69) is 20.8 Å². The Labute approximate surface area is 104 Å². The normalized spacial score (nSPS) is 22.2. The zero-order chi connectivity index (χ0) is 11.4. The third-order valence-electron chi connectivity index (χ3n) is 2.86. The van der Waals surface area contributed by atoms with Crippen LogP contribution < -0.4 is 0 Å². The highest BCUT2D eigenvalue weighted by atomic mass is 79.9. The highest BCUT2D eigenvalue weighted by molar-refractivity contribution is 9.09. The Kier molecular flexibility index (Phi) is 4.32. The Bertz CT molecular complexity index is 348. The molecule has 1 aliphatic rings. The maximum Gasteiger partial charge on any atom is 0.127 e. The second kappa shape index (κ2) is 5.75. The third-order valence-corrected chi connectivity index (χ3v) is 3.61. The van der Waals surface area contributed by atoms with E-state index < -0.39 is 0 Å². The molecule has 0 bridgehead atoms. The van der Waals surface area contributed by atoms with Gasteiger partial charge in [0, 0.05) is 30.0 Å². The SMILES string of the molecule is Fc1ccccc1CN1CCOCC1CBr. The molecule has 0 saturated carbocycles. The van der Waals surface area contributed by atoms with Crippen LogP contribution in [-0.2, 0) is 11.3 Å². The van der Waals surface area contributed by atoms with Crippen LogP contribution in [0.4, 0.5) is 4.39 Å². The summed E-state index contributed by atoms with van der Waals surface area (Å²) in [6.45, 7) is 2.98. The Morgan fingerprint density at radius 1 is 1.44 bits per heavy atom. The molecule has 0 aliphatic carbocycles. The maximum atomic E-state index is 13.5. The summed E-state index contributed by atoms with van der Waals surface area (Å²) in [5.74, 6) is -0.123. The molecule has 0 N–H and O–H groups in total. The number of rotatable bonds is 3. The van der Waals surface area contributed by atoms with Gasteiger partial charge in [0.2, 0.25) is 0 Å². The molecule has 1 aromatic rings. The number of alkyl halides is 1. The van der Waals surface area contributed by atoms with Gasteiger partial charge in [-0.25, -0.2) is 4.39 Å². The van der Waals surface area contributed by atoms with E-state index in [0.717, 1.165) is 30.7 Å². The quantitative estimate of drug-likeness (QED) is 0.792. The second-order valence-electron chi connectivity index (χ2n) is 3.94. The van der Waals surface area contributed by atoms with E-state index in [0.29, 0.717) is 12.6 Å². The lowest BCUT2D eigenvalue weighted by atomic mass is 10.1. The van der Waals surface area contributed by atoms with Gasteiger partial charge in [0.1, 0.15) is 5.82 Å². The Hall–Kier alpha value is -0.450. The summed E-state index contributed by atoms with van der Waals surface area (Å²) in [7, 11) is 0. The average Bonchev–Trinajstić information content (AvgIpc) is 2.33. The van der Waals surface area contributed by atoms with E-state index in [1.165, 1.54) is 6.07 Å². The fraction of sp³-hybridized carbons (Fsp3) is 0.500. The van der Waals surface area contributed by atoms with Crippen molar-refractivity contribution < 1.29 is 9.13 Å². The Morgan fingerprint density at radius 2 is 2.25 bits per heavy atom. The average molecular weight is 288 g/mol. The lowest BCUT2D eigenvalue weighted by molar-refractivity contribution is -0.00256. The third kappa shape index (κ3) is 2.81. The van der Waals surface area contributed by atoms with E-state index in [1.807, 2.05) is 12.1 Å². The highest BCUT2D eigenvalue weighted by Gasteiger charge is 2.22. The van der Waals surface area contributed by atoms with Gasteiger partial charge in [0.15, 0.2) is 0 Å². The van der Waals surface area contributed by atoms with Crippen LogP contribution in [0.15, 0.2) is 24.3 Å². The zero-order valence-corrected chi connectivity index (χ0v) is 10.6. The number of ether oxygens (including phenoxy) is 1. The highest BCUT2D eigenvalue weighted by Crippen LogP contribution is 2.15. The zero-order valence-electron chi connectivity index (χ0n) is 9.03. The van der Waals surface area contributed by atoms with Crippen molar-refractivity contribution in [3.05, 3.63) is 35.6 Å². The molecule has 0 amide bonds. The predicted octanol–water partition coefficient (Wildman–Crippen LogP) is 2.42. The van der Waals surface area contributed by atoms with Crippen molar-refractivity contribution in [2.24, 2.45) is 0 Å². The molecular formula is C12H15BrFNO. The second-order valence-corrected chi connectivity index (χ2v) is 4.59. The van der Waals surface area contributed by atoms with Gasteiger partial charge in [-0.05, 0) is 6.07 Å². The van der Waals surface area contributed by atoms with Crippen molar-refractivity contribution in [1.82, 2.24) is 4.90 Å². The smallest absolute Gasteiger partial charge is 0.127 e. The van der Waals surface area contributed by atoms with Crippen LogP contribution >= 0.6 is 15.9 Å². The molecule has 2 rings (SSSR count). The van der Waals surface area contributed by atoms with Gasteiger partial charge in [-0.1, -0.05) is 34.1 Å². The van der Waals surface area contributed by atoms with Crippen molar-refractivity contribution in [3.63, 3.8) is 0 Å². The number of morpholine rings is 1. The number of halogens is 2. The first-order valence-electron chi connectivity index (χ1n) is 5.42. The summed E-state index contributed by atoms with van der Waals surface area (Å²) in [5, 5.41) is 0.863. The minimum atomic E-state index is -0.123. The van der Waals surface area contributed by atoms with Gasteiger partial charge in [0.25, 0.3) is 0 Å². The lowest BCUT2D eigenvalue weighted by Gasteiger charge is -2.34. The van der Waals surface area contributed by atoms with E-state index >= 15 is 0 Å². The molecule has 0 radical (unpaired) electrons. The van der Waals surface area contributed by atoms with Gasteiger partial charge >= 0.3 is 0 Å². The molecule has 1 heterocycles. The first-order valence-corrected chi connectivity index (χ1v) is 6.54. The molecule has 1 saturated heterocycles. The summed E-state index contributed by atoms with van der Waals surface area (Å²) in [6, 6.07) is 7.30. The molecular weight excluding hydrogens is 273 g/mol. The molecule has 0 spiro atoms. The monoisotopic (exact) mass is 287 g/mol. The largest absolute Gasteiger partial charge is 0.378 e. The van der Waals surface area contributed by atoms with E-state index in [1.54, 1.807) is 6.07 Å². The van der Waals surface area contributed by atoms with Crippen LogP contribution in [0.5, 0.6) is 0 Å². The molecule has 4 heteroatoms. The number of nitrogens with zero attached hydrogens (tertiary/aromatic N) is 1.